The molecule has 1 aliphatic heterocycles. The van der Waals surface area contributed by atoms with E-state index < -0.39 is 59.8 Å². The Bertz CT molecular complexity index is 1370. The van der Waals surface area contributed by atoms with Crippen molar-refractivity contribution >= 4 is 16.4 Å². The molecule has 1 rings (SSSR count). The molecule has 0 saturated carbocycles. The van der Waals surface area contributed by atoms with Crippen LogP contribution in [-0.2, 0) is 38.3 Å². The van der Waals surface area contributed by atoms with Crippen LogP contribution in [0, 0.1) is 0 Å². The first-order chi connectivity index (χ1) is 29.1. The summed E-state index contributed by atoms with van der Waals surface area (Å²) in [5.74, 6) is -0.463. The summed E-state index contributed by atoms with van der Waals surface area (Å²) in [6, 6.07) is 0. The maximum Gasteiger partial charge on any atom is 0.397 e. The average molecular weight is 867 g/mol. The molecular weight excluding hydrogens is 789 g/mol. The summed E-state index contributed by atoms with van der Waals surface area (Å²) in [5, 5.41) is 30.6. The quantitative estimate of drug-likeness (QED) is 0.0202. The summed E-state index contributed by atoms with van der Waals surface area (Å²) in [6.07, 6.45) is 40.5. The maximum atomic E-state index is 12.8. The zero-order valence-corrected chi connectivity index (χ0v) is 37.3. The highest BCUT2D eigenvalue weighted by Crippen LogP contribution is 2.26. The number of carbonyl (C=O) groups is 1. The summed E-state index contributed by atoms with van der Waals surface area (Å²) in [7, 11) is -5.07. The Morgan fingerprint density at radius 3 is 1.68 bits per heavy atom. The Labute approximate surface area is 362 Å². The van der Waals surface area contributed by atoms with Crippen molar-refractivity contribution in [3.8, 4) is 0 Å². The first kappa shape index (κ1) is 55.3. The van der Waals surface area contributed by atoms with Crippen LogP contribution in [-0.4, -0.2) is 97.5 Å². The van der Waals surface area contributed by atoms with Gasteiger partial charge in [-0.25, -0.2) is 4.18 Å². The van der Waals surface area contributed by atoms with Crippen LogP contribution in [0.4, 0.5) is 0 Å². The highest BCUT2D eigenvalue weighted by atomic mass is 32.3. The van der Waals surface area contributed by atoms with Crippen molar-refractivity contribution in [2.45, 2.75) is 179 Å². The number of aliphatic hydroxyl groups is 3. The third kappa shape index (κ3) is 31.2. The predicted molar refractivity (Wildman–Crippen MR) is 239 cm³/mol. The van der Waals surface area contributed by atoms with Gasteiger partial charge in [0.25, 0.3) is 0 Å². The molecule has 0 amide bonds. The van der Waals surface area contributed by atoms with Crippen molar-refractivity contribution in [1.29, 1.82) is 0 Å². The Morgan fingerprint density at radius 1 is 0.650 bits per heavy atom. The van der Waals surface area contributed by atoms with E-state index in [2.05, 4.69) is 97.0 Å². The minimum absolute atomic E-state index is 0.000586. The second kappa shape index (κ2) is 38.0. The fourth-order valence-corrected chi connectivity index (χ4v) is 6.66. The summed E-state index contributed by atoms with van der Waals surface area (Å²) in [5.41, 5.74) is 0. The molecule has 0 aliphatic carbocycles. The van der Waals surface area contributed by atoms with Gasteiger partial charge < -0.3 is 34.3 Å². The monoisotopic (exact) mass is 867 g/mol. The third-order valence-corrected chi connectivity index (χ3v) is 9.97. The molecule has 12 nitrogen and oxygen atoms in total. The van der Waals surface area contributed by atoms with Crippen molar-refractivity contribution in [3.63, 3.8) is 0 Å². The van der Waals surface area contributed by atoms with Crippen molar-refractivity contribution in [1.82, 2.24) is 0 Å². The molecule has 6 unspecified atom stereocenters. The van der Waals surface area contributed by atoms with Gasteiger partial charge in [-0.05, 0) is 83.5 Å². The Hall–Kier alpha value is -2.72. The summed E-state index contributed by atoms with van der Waals surface area (Å²) in [6.45, 7) is 3.73. The highest BCUT2D eigenvalue weighted by molar-refractivity contribution is 7.80. The number of carbonyl (C=O) groups excluding carboxylic acids is 1. The minimum Gasteiger partial charge on any atom is -0.457 e. The van der Waals surface area contributed by atoms with Gasteiger partial charge in [-0.3, -0.25) is 9.35 Å². The van der Waals surface area contributed by atoms with E-state index in [1.165, 1.54) is 38.5 Å². The van der Waals surface area contributed by atoms with E-state index in [0.717, 1.165) is 70.6 Å². The van der Waals surface area contributed by atoms with Crippen molar-refractivity contribution in [2.24, 2.45) is 0 Å². The van der Waals surface area contributed by atoms with Gasteiger partial charge in [0.1, 0.15) is 30.5 Å². The van der Waals surface area contributed by atoms with E-state index in [4.69, 9.17) is 23.5 Å². The molecule has 1 heterocycles. The molecule has 0 spiro atoms. The fourth-order valence-electron chi connectivity index (χ4n) is 6.15. The molecule has 1 aliphatic rings. The summed E-state index contributed by atoms with van der Waals surface area (Å²) >= 11 is 0. The van der Waals surface area contributed by atoms with Crippen LogP contribution >= 0.6 is 0 Å². The lowest BCUT2D eigenvalue weighted by atomic mass is 9.99. The molecule has 0 bridgehead atoms. The zero-order chi connectivity index (χ0) is 43.9. The van der Waals surface area contributed by atoms with Gasteiger partial charge in [0.05, 0.1) is 19.8 Å². The molecule has 1 saturated heterocycles. The molecular formula is C47H78O12S. The van der Waals surface area contributed by atoms with Crippen LogP contribution in [0.15, 0.2) is 85.1 Å². The number of unbranched alkanes of at least 4 members (excludes halogenated alkanes) is 10. The molecule has 0 aromatic rings. The zero-order valence-electron chi connectivity index (χ0n) is 36.5. The van der Waals surface area contributed by atoms with Gasteiger partial charge in [0.2, 0.25) is 0 Å². The molecule has 0 aromatic carbocycles. The smallest absolute Gasteiger partial charge is 0.397 e. The molecule has 344 valence electrons. The fraction of sp³-hybridized carbons (Fsp3) is 0.681. The van der Waals surface area contributed by atoms with Crippen molar-refractivity contribution < 1.29 is 56.2 Å². The van der Waals surface area contributed by atoms with E-state index in [9.17, 15) is 28.5 Å². The Balaban J connectivity index is 2.50. The molecule has 6 atom stereocenters. The Morgan fingerprint density at radius 2 is 1.15 bits per heavy atom. The number of hydrogen-bond donors (Lipinski definition) is 4. The van der Waals surface area contributed by atoms with Crippen LogP contribution in [0.5, 0.6) is 0 Å². The predicted octanol–water partition coefficient (Wildman–Crippen LogP) is 9.29. The van der Waals surface area contributed by atoms with Crippen LogP contribution in [0.1, 0.15) is 142 Å². The summed E-state index contributed by atoms with van der Waals surface area (Å²) in [4.78, 5) is 12.8. The second-order valence-electron chi connectivity index (χ2n) is 14.9. The largest absolute Gasteiger partial charge is 0.457 e. The Kier molecular flexibility index (Phi) is 35.0. The minimum atomic E-state index is -5.07. The number of aliphatic hydroxyl groups excluding tert-OH is 3. The first-order valence-electron chi connectivity index (χ1n) is 22.3. The van der Waals surface area contributed by atoms with Gasteiger partial charge in [0, 0.05) is 13.0 Å². The maximum absolute atomic E-state index is 12.8. The van der Waals surface area contributed by atoms with E-state index in [1.54, 1.807) is 0 Å². The van der Waals surface area contributed by atoms with Crippen molar-refractivity contribution in [3.05, 3.63) is 85.1 Å². The second-order valence-corrected chi connectivity index (χ2v) is 15.9. The van der Waals surface area contributed by atoms with Crippen LogP contribution < -0.4 is 0 Å². The van der Waals surface area contributed by atoms with Crippen LogP contribution in [0.25, 0.3) is 0 Å². The molecule has 4 N–H and O–H groups in total. The molecule has 0 aromatic heterocycles. The van der Waals surface area contributed by atoms with Gasteiger partial charge in [-0.2, -0.15) is 8.42 Å². The lowest BCUT2D eigenvalue weighted by Crippen LogP contribution is -2.60. The topological polar surface area (TPSA) is 178 Å². The lowest BCUT2D eigenvalue weighted by molar-refractivity contribution is -0.301. The van der Waals surface area contributed by atoms with Gasteiger partial charge >= 0.3 is 16.4 Å². The number of rotatable bonds is 37. The molecule has 1 fully saturated rings. The van der Waals surface area contributed by atoms with Crippen molar-refractivity contribution in [2.75, 3.05) is 26.4 Å². The summed E-state index contributed by atoms with van der Waals surface area (Å²) < 4.78 is 59.0. The number of ether oxygens (including phenoxy) is 4. The molecule has 60 heavy (non-hydrogen) atoms. The number of hydrogen-bond acceptors (Lipinski definition) is 11. The normalized spacial score (nSPS) is 21.1. The van der Waals surface area contributed by atoms with Crippen LogP contribution in [0.3, 0.4) is 0 Å². The third-order valence-electron chi connectivity index (χ3n) is 9.50. The van der Waals surface area contributed by atoms with Crippen LogP contribution in [0.2, 0.25) is 0 Å². The highest BCUT2D eigenvalue weighted by Gasteiger charge is 2.48. The number of esters is 1. The first-order valence-corrected chi connectivity index (χ1v) is 23.7. The average Bonchev–Trinajstić information content (AvgIpc) is 3.22. The van der Waals surface area contributed by atoms with E-state index in [-0.39, 0.29) is 19.6 Å². The van der Waals surface area contributed by atoms with E-state index in [1.807, 2.05) is 6.08 Å². The molecule has 0 radical (unpaired) electrons. The number of allylic oxidation sites excluding steroid dienone is 14. The standard InChI is InChI=1S/C47H78O12S/c1-3-5-7-9-11-13-15-17-19-21-22-24-26-28-30-32-34-36-43(49)57-41(40-56-47-45(51)46(59-60(52,53)54)44(50)42(38-48)58-47)39-55-37-35-33-31-29-27-25-23-20-18-16-14-12-10-8-6-4-2/h5,7,11-14,17-20,22,24,28,30,41-42,44-48,50-51H,3-4,6,8-10,15-16,21,23,25-27,29,31-40H2,1-2H3,(H,52,53,54)/b7-5-,13-11-,14-12-,19-17-,20-18-,24-22-,30-28-. The molecule has 13 heteroatoms. The van der Waals surface area contributed by atoms with Gasteiger partial charge in [-0.15, -0.1) is 0 Å². The van der Waals surface area contributed by atoms with Gasteiger partial charge in [-0.1, -0.05) is 137 Å². The van der Waals surface area contributed by atoms with Gasteiger partial charge in [0.15, 0.2) is 6.29 Å². The van der Waals surface area contributed by atoms with E-state index >= 15 is 0 Å². The lowest BCUT2D eigenvalue weighted by Gasteiger charge is -2.41. The van der Waals surface area contributed by atoms with E-state index in [0.29, 0.717) is 19.4 Å². The SMILES string of the molecule is CC/C=C\C/C=C\C/C=C\C/C=C\C/C=C\CCCC(=O)OC(COCCCCCCCC/C=C\C/C=C\CCCCC)COC1OC(CO)C(O)C(OS(=O)(=O)O)C1O.